The van der Waals surface area contributed by atoms with Crippen molar-refractivity contribution in [1.29, 1.82) is 0 Å². The third-order valence-electron chi connectivity index (χ3n) is 5.25. The van der Waals surface area contributed by atoms with Crippen LogP contribution in [0, 0.1) is 6.92 Å². The number of hydrogen-bond acceptors (Lipinski definition) is 6. The molecule has 0 atom stereocenters. The molecule has 0 aliphatic rings. The molecule has 0 unspecified atom stereocenters. The van der Waals surface area contributed by atoms with Gasteiger partial charge >= 0.3 is 0 Å². The first-order chi connectivity index (χ1) is 14.7. The SMILES string of the molecule is Cc1nnc2cc(Cc3cnc4cc(Cc5cnc6cccnn56)ccn34)cnn12. The van der Waals surface area contributed by atoms with E-state index in [9.17, 15) is 0 Å². The van der Waals surface area contributed by atoms with E-state index < -0.39 is 0 Å². The van der Waals surface area contributed by atoms with Gasteiger partial charge in [-0.1, -0.05) is 0 Å². The fourth-order valence-electron chi connectivity index (χ4n) is 3.77. The number of imidazole rings is 2. The average Bonchev–Trinajstić information content (AvgIpc) is 3.46. The lowest BCUT2D eigenvalue weighted by atomic mass is 10.1. The molecule has 0 radical (unpaired) electrons. The second-order valence-corrected chi connectivity index (χ2v) is 7.29. The Balaban J connectivity index is 1.30. The van der Waals surface area contributed by atoms with Crippen LogP contribution < -0.4 is 0 Å². The van der Waals surface area contributed by atoms with E-state index in [0.717, 1.165) is 51.7 Å². The predicted molar refractivity (Wildman–Crippen MR) is 109 cm³/mol. The minimum Gasteiger partial charge on any atom is -0.304 e. The number of aryl methyl sites for hydroxylation is 1. The van der Waals surface area contributed by atoms with Gasteiger partial charge in [0.1, 0.15) is 5.65 Å². The number of nitrogens with zero attached hydrogens (tertiary/aromatic N) is 9. The van der Waals surface area contributed by atoms with Crippen LogP contribution in [0.3, 0.4) is 0 Å². The molecule has 9 nitrogen and oxygen atoms in total. The van der Waals surface area contributed by atoms with E-state index in [1.54, 1.807) is 10.7 Å². The van der Waals surface area contributed by atoms with Gasteiger partial charge in [-0.25, -0.2) is 14.5 Å². The number of aromatic nitrogens is 9. The molecule has 0 spiro atoms. The van der Waals surface area contributed by atoms with Gasteiger partial charge in [-0.05, 0) is 48.4 Å². The van der Waals surface area contributed by atoms with Crippen molar-refractivity contribution in [1.82, 2.24) is 43.8 Å². The van der Waals surface area contributed by atoms with Crippen molar-refractivity contribution in [3.63, 3.8) is 0 Å². The molecule has 0 saturated carbocycles. The van der Waals surface area contributed by atoms with Crippen LogP contribution in [0.2, 0.25) is 0 Å². The smallest absolute Gasteiger partial charge is 0.178 e. The molecule has 30 heavy (non-hydrogen) atoms. The molecular weight excluding hydrogens is 378 g/mol. The van der Waals surface area contributed by atoms with Crippen molar-refractivity contribution in [3.05, 3.63) is 89.7 Å². The summed E-state index contributed by atoms with van der Waals surface area (Å²) < 4.78 is 5.71. The summed E-state index contributed by atoms with van der Waals surface area (Å²) in [5, 5.41) is 17.0. The van der Waals surface area contributed by atoms with Crippen molar-refractivity contribution in [2.75, 3.05) is 0 Å². The largest absolute Gasteiger partial charge is 0.304 e. The van der Waals surface area contributed by atoms with Gasteiger partial charge in [0.25, 0.3) is 0 Å². The Labute approximate surface area is 170 Å². The van der Waals surface area contributed by atoms with Crippen LogP contribution in [0.5, 0.6) is 0 Å². The van der Waals surface area contributed by atoms with Crippen molar-refractivity contribution in [2.45, 2.75) is 19.8 Å². The van der Waals surface area contributed by atoms with Crippen LogP contribution in [-0.4, -0.2) is 43.8 Å². The standard InChI is InChI=1S/C21H17N9/c1-14-26-27-21-10-16(11-25-29(14)21)8-17-12-23-20-9-15(4-6-28(17)20)7-18-13-22-19-3-2-5-24-30(18)19/h2-6,9-13H,7-8H2,1H3. The Kier molecular flexibility index (Phi) is 3.61. The van der Waals surface area contributed by atoms with Gasteiger partial charge in [0.05, 0.1) is 18.1 Å². The zero-order valence-corrected chi connectivity index (χ0v) is 16.2. The van der Waals surface area contributed by atoms with E-state index >= 15 is 0 Å². The highest BCUT2D eigenvalue weighted by molar-refractivity contribution is 5.47. The molecule has 9 heteroatoms. The highest BCUT2D eigenvalue weighted by atomic mass is 15.4. The number of pyridine rings is 1. The quantitative estimate of drug-likeness (QED) is 0.455. The van der Waals surface area contributed by atoms with Crippen LogP contribution in [0.15, 0.2) is 61.3 Å². The van der Waals surface area contributed by atoms with Gasteiger partial charge in [0, 0.05) is 37.1 Å². The van der Waals surface area contributed by atoms with Crippen LogP contribution in [0.25, 0.3) is 16.9 Å². The number of fused-ring (bicyclic) bond motifs is 3. The molecule has 0 aliphatic heterocycles. The van der Waals surface area contributed by atoms with Gasteiger partial charge < -0.3 is 4.40 Å². The van der Waals surface area contributed by atoms with Gasteiger partial charge in [-0.15, -0.1) is 10.2 Å². The average molecular weight is 395 g/mol. The van der Waals surface area contributed by atoms with Gasteiger partial charge in [-0.3, -0.25) is 0 Å². The molecule has 146 valence electrons. The summed E-state index contributed by atoms with van der Waals surface area (Å²) in [5.41, 5.74) is 6.89. The molecule has 0 saturated heterocycles. The molecule has 0 bridgehead atoms. The van der Waals surface area contributed by atoms with Gasteiger partial charge in [0.15, 0.2) is 17.1 Å². The first-order valence-corrected chi connectivity index (χ1v) is 9.64. The molecular formula is C21H17N9. The van der Waals surface area contributed by atoms with Gasteiger partial charge in [-0.2, -0.15) is 14.7 Å². The molecule has 0 aliphatic carbocycles. The topological polar surface area (TPSA) is 90.6 Å². The zero-order chi connectivity index (χ0) is 20.1. The number of rotatable bonds is 4. The Bertz CT molecular complexity index is 1520. The molecule has 0 N–H and O–H groups in total. The third kappa shape index (κ3) is 2.71. The first kappa shape index (κ1) is 16.8. The Morgan fingerprint density at radius 3 is 2.57 bits per heavy atom. The molecule has 6 aromatic heterocycles. The lowest BCUT2D eigenvalue weighted by molar-refractivity contribution is 0.861. The normalized spacial score (nSPS) is 11.8. The summed E-state index contributed by atoms with van der Waals surface area (Å²) >= 11 is 0. The van der Waals surface area contributed by atoms with E-state index in [1.807, 2.05) is 48.2 Å². The summed E-state index contributed by atoms with van der Waals surface area (Å²) in [6, 6.07) is 10.1. The fourth-order valence-corrected chi connectivity index (χ4v) is 3.77. The van der Waals surface area contributed by atoms with Crippen molar-refractivity contribution < 1.29 is 0 Å². The molecule has 6 rings (SSSR count). The minimum atomic E-state index is 0.715. The summed E-state index contributed by atoms with van der Waals surface area (Å²) in [4.78, 5) is 9.02. The molecule has 6 heterocycles. The van der Waals surface area contributed by atoms with E-state index in [4.69, 9.17) is 0 Å². The van der Waals surface area contributed by atoms with E-state index in [0.29, 0.717) is 6.42 Å². The number of hydrogen-bond donors (Lipinski definition) is 0. The summed E-state index contributed by atoms with van der Waals surface area (Å²) in [6.07, 6.45) is 10.9. The van der Waals surface area contributed by atoms with Crippen LogP contribution in [0.1, 0.15) is 28.3 Å². The van der Waals surface area contributed by atoms with Crippen LogP contribution in [0.4, 0.5) is 0 Å². The summed E-state index contributed by atoms with van der Waals surface area (Å²) in [6.45, 7) is 1.89. The van der Waals surface area contributed by atoms with Crippen molar-refractivity contribution >= 4 is 16.9 Å². The van der Waals surface area contributed by atoms with E-state index in [2.05, 4.69) is 53.1 Å². The molecule has 0 aromatic carbocycles. The molecule has 6 aromatic rings. The minimum absolute atomic E-state index is 0.715. The highest BCUT2D eigenvalue weighted by Crippen LogP contribution is 2.17. The monoisotopic (exact) mass is 395 g/mol. The van der Waals surface area contributed by atoms with Crippen LogP contribution >= 0.6 is 0 Å². The van der Waals surface area contributed by atoms with Crippen molar-refractivity contribution in [3.8, 4) is 0 Å². The van der Waals surface area contributed by atoms with Crippen molar-refractivity contribution in [2.24, 2.45) is 0 Å². The molecule has 0 fully saturated rings. The Morgan fingerprint density at radius 1 is 0.767 bits per heavy atom. The Morgan fingerprint density at radius 2 is 1.60 bits per heavy atom. The van der Waals surface area contributed by atoms with Gasteiger partial charge in [0.2, 0.25) is 0 Å². The molecule has 0 amide bonds. The summed E-state index contributed by atoms with van der Waals surface area (Å²) in [7, 11) is 0. The van der Waals surface area contributed by atoms with E-state index in [-0.39, 0.29) is 0 Å². The summed E-state index contributed by atoms with van der Waals surface area (Å²) in [5.74, 6) is 0.778. The fraction of sp³-hybridized carbons (Fsp3) is 0.143. The maximum atomic E-state index is 4.60. The van der Waals surface area contributed by atoms with Crippen LogP contribution in [-0.2, 0) is 12.8 Å². The second kappa shape index (κ2) is 6.45. The Hall–Kier alpha value is -4.14. The maximum absolute atomic E-state index is 4.60. The second-order valence-electron chi connectivity index (χ2n) is 7.29. The zero-order valence-electron chi connectivity index (χ0n) is 16.2. The lowest BCUT2D eigenvalue weighted by Gasteiger charge is -2.05. The maximum Gasteiger partial charge on any atom is 0.178 e. The highest BCUT2D eigenvalue weighted by Gasteiger charge is 2.10. The van der Waals surface area contributed by atoms with E-state index in [1.165, 1.54) is 0 Å². The predicted octanol–water partition coefficient (Wildman–Crippen LogP) is 2.30. The third-order valence-corrected chi connectivity index (χ3v) is 5.25. The lowest BCUT2D eigenvalue weighted by Crippen LogP contribution is -2.00. The first-order valence-electron chi connectivity index (χ1n) is 9.64.